The lowest BCUT2D eigenvalue weighted by atomic mass is 9.80. The molecule has 1 amide bonds. The molecule has 1 aliphatic rings. The van der Waals surface area contributed by atoms with Gasteiger partial charge in [0, 0.05) is 11.6 Å². The normalized spacial score (nSPS) is 20.6. The number of halogens is 1. The maximum absolute atomic E-state index is 12.5. The topological polar surface area (TPSA) is 29.5 Å². The summed E-state index contributed by atoms with van der Waals surface area (Å²) in [5.41, 5.74) is 2.04. The van der Waals surface area contributed by atoms with E-state index in [9.17, 15) is 4.79 Å². The first kappa shape index (κ1) is 14.9. The number of amides is 1. The van der Waals surface area contributed by atoms with E-state index in [0.717, 1.165) is 17.0 Å². The summed E-state index contributed by atoms with van der Waals surface area (Å²) in [5.74, 6) is 1.38. The molecule has 0 radical (unpaired) electrons. The second kappa shape index (κ2) is 6.41. The van der Waals surface area contributed by atoms with E-state index < -0.39 is 0 Å². The van der Waals surface area contributed by atoms with Crippen LogP contribution >= 0.6 is 11.6 Å². The van der Waals surface area contributed by atoms with Gasteiger partial charge in [-0.1, -0.05) is 30.3 Å². The average molecular weight is 316 g/mol. The summed E-state index contributed by atoms with van der Waals surface area (Å²) in [7, 11) is 1.63. The fourth-order valence-corrected chi connectivity index (χ4v) is 3.24. The monoisotopic (exact) mass is 315 g/mol. The molecule has 4 heteroatoms. The molecule has 2 atom stereocenters. The van der Waals surface area contributed by atoms with Gasteiger partial charge in [-0.2, -0.15) is 0 Å². The van der Waals surface area contributed by atoms with Crippen LogP contribution in [0.3, 0.4) is 0 Å². The number of β-lactam (4-membered cyclic amide) rings is 1. The molecule has 0 aromatic heterocycles. The van der Waals surface area contributed by atoms with Crippen molar-refractivity contribution in [1.82, 2.24) is 0 Å². The smallest absolute Gasteiger partial charge is 0.233 e. The highest BCUT2D eigenvalue weighted by Crippen LogP contribution is 2.45. The van der Waals surface area contributed by atoms with Crippen LogP contribution in [-0.4, -0.2) is 18.9 Å². The van der Waals surface area contributed by atoms with Gasteiger partial charge in [-0.15, -0.1) is 11.6 Å². The van der Waals surface area contributed by atoms with Crippen molar-refractivity contribution in [2.45, 2.75) is 12.5 Å². The molecule has 0 N–H and O–H groups in total. The molecule has 0 aliphatic carbocycles. The predicted molar refractivity (Wildman–Crippen MR) is 88.5 cm³/mol. The Morgan fingerprint density at radius 1 is 1.09 bits per heavy atom. The van der Waals surface area contributed by atoms with Crippen molar-refractivity contribution in [3.05, 3.63) is 60.2 Å². The number of ether oxygens (including phenoxy) is 1. The van der Waals surface area contributed by atoms with Gasteiger partial charge in [0.25, 0.3) is 0 Å². The molecule has 0 unspecified atom stereocenters. The van der Waals surface area contributed by atoms with E-state index in [-0.39, 0.29) is 17.9 Å². The standard InChI is InChI=1S/C18H18ClNO2/c1-22-15-9-7-14(8-10-15)20-17(13-5-3-2-4-6-13)16(11-12-19)18(20)21/h2-10,16-17H,11-12H2,1H3/t16-,17-/m1/s1. The van der Waals surface area contributed by atoms with E-state index in [0.29, 0.717) is 12.3 Å². The van der Waals surface area contributed by atoms with Gasteiger partial charge < -0.3 is 9.64 Å². The molecule has 1 saturated heterocycles. The van der Waals surface area contributed by atoms with Gasteiger partial charge in [-0.3, -0.25) is 4.79 Å². The number of anilines is 1. The number of carbonyl (C=O) groups is 1. The Balaban J connectivity index is 1.92. The first-order valence-electron chi connectivity index (χ1n) is 7.34. The van der Waals surface area contributed by atoms with Gasteiger partial charge in [0.15, 0.2) is 0 Å². The summed E-state index contributed by atoms with van der Waals surface area (Å²) in [6.07, 6.45) is 0.701. The molecule has 1 fully saturated rings. The molecule has 1 aliphatic heterocycles. The van der Waals surface area contributed by atoms with Gasteiger partial charge in [-0.25, -0.2) is 0 Å². The van der Waals surface area contributed by atoms with Crippen molar-refractivity contribution in [2.24, 2.45) is 5.92 Å². The minimum atomic E-state index is -0.0398. The Bertz CT molecular complexity index is 642. The molecule has 0 spiro atoms. The third kappa shape index (κ3) is 2.57. The molecular weight excluding hydrogens is 298 g/mol. The van der Waals surface area contributed by atoms with Crippen molar-refractivity contribution < 1.29 is 9.53 Å². The Labute approximate surface area is 135 Å². The number of carbonyl (C=O) groups excluding carboxylic acids is 1. The van der Waals surface area contributed by atoms with Gasteiger partial charge in [0.1, 0.15) is 5.75 Å². The van der Waals surface area contributed by atoms with E-state index in [4.69, 9.17) is 16.3 Å². The van der Waals surface area contributed by atoms with Crippen LogP contribution in [0.25, 0.3) is 0 Å². The fraction of sp³-hybridized carbons (Fsp3) is 0.278. The fourth-order valence-electron chi connectivity index (χ4n) is 3.01. The van der Waals surface area contributed by atoms with Gasteiger partial charge >= 0.3 is 0 Å². The van der Waals surface area contributed by atoms with Crippen molar-refractivity contribution in [3.63, 3.8) is 0 Å². The lowest BCUT2D eigenvalue weighted by molar-refractivity contribution is -0.130. The minimum absolute atomic E-state index is 0.0398. The average Bonchev–Trinajstić information content (AvgIpc) is 2.58. The molecular formula is C18H18ClNO2. The number of hydrogen-bond donors (Lipinski definition) is 0. The molecule has 114 valence electrons. The second-order valence-electron chi connectivity index (χ2n) is 5.35. The minimum Gasteiger partial charge on any atom is -0.497 e. The van der Waals surface area contributed by atoms with Gasteiger partial charge in [0.2, 0.25) is 5.91 Å². The zero-order chi connectivity index (χ0) is 15.5. The number of benzene rings is 2. The van der Waals surface area contributed by atoms with E-state index in [1.165, 1.54) is 0 Å². The van der Waals surface area contributed by atoms with Crippen molar-refractivity contribution in [3.8, 4) is 5.75 Å². The molecule has 22 heavy (non-hydrogen) atoms. The van der Waals surface area contributed by atoms with Crippen LogP contribution in [0.15, 0.2) is 54.6 Å². The van der Waals surface area contributed by atoms with E-state index in [2.05, 4.69) is 12.1 Å². The Hall–Kier alpha value is -2.00. The lowest BCUT2D eigenvalue weighted by Gasteiger charge is -2.47. The van der Waals surface area contributed by atoms with Crippen molar-refractivity contribution in [1.29, 1.82) is 0 Å². The lowest BCUT2D eigenvalue weighted by Crippen LogP contribution is -2.55. The number of nitrogens with zero attached hydrogens (tertiary/aromatic N) is 1. The maximum Gasteiger partial charge on any atom is 0.233 e. The van der Waals surface area contributed by atoms with Crippen LogP contribution < -0.4 is 9.64 Å². The van der Waals surface area contributed by atoms with E-state index in [1.54, 1.807) is 7.11 Å². The van der Waals surface area contributed by atoms with Crippen LogP contribution in [0.5, 0.6) is 5.75 Å². The van der Waals surface area contributed by atoms with Gasteiger partial charge in [0.05, 0.1) is 19.1 Å². The molecule has 0 saturated carbocycles. The Kier molecular flexibility index (Phi) is 4.34. The Morgan fingerprint density at radius 3 is 2.36 bits per heavy atom. The van der Waals surface area contributed by atoms with Crippen LogP contribution in [0.2, 0.25) is 0 Å². The zero-order valence-corrected chi connectivity index (χ0v) is 13.2. The van der Waals surface area contributed by atoms with E-state index in [1.807, 2.05) is 47.4 Å². The highest BCUT2D eigenvalue weighted by molar-refractivity contribution is 6.18. The summed E-state index contributed by atoms with van der Waals surface area (Å²) in [5, 5.41) is 0. The van der Waals surface area contributed by atoms with Crippen LogP contribution in [-0.2, 0) is 4.79 Å². The largest absolute Gasteiger partial charge is 0.497 e. The first-order chi connectivity index (χ1) is 10.8. The molecule has 1 heterocycles. The number of hydrogen-bond acceptors (Lipinski definition) is 2. The number of alkyl halides is 1. The molecule has 3 rings (SSSR count). The molecule has 2 aromatic carbocycles. The van der Waals surface area contributed by atoms with Crippen molar-refractivity contribution in [2.75, 3.05) is 17.9 Å². The summed E-state index contributed by atoms with van der Waals surface area (Å²) >= 11 is 5.87. The van der Waals surface area contributed by atoms with Crippen LogP contribution in [0, 0.1) is 5.92 Å². The number of methoxy groups -OCH3 is 1. The second-order valence-corrected chi connectivity index (χ2v) is 5.72. The van der Waals surface area contributed by atoms with Crippen LogP contribution in [0.4, 0.5) is 5.69 Å². The molecule has 3 nitrogen and oxygen atoms in total. The van der Waals surface area contributed by atoms with Crippen molar-refractivity contribution >= 4 is 23.2 Å². The van der Waals surface area contributed by atoms with E-state index >= 15 is 0 Å². The highest BCUT2D eigenvalue weighted by Gasteiger charge is 2.47. The highest BCUT2D eigenvalue weighted by atomic mass is 35.5. The summed E-state index contributed by atoms with van der Waals surface area (Å²) in [6.45, 7) is 0. The zero-order valence-electron chi connectivity index (χ0n) is 12.4. The first-order valence-corrected chi connectivity index (χ1v) is 7.87. The third-order valence-corrected chi connectivity index (χ3v) is 4.34. The quantitative estimate of drug-likeness (QED) is 0.616. The summed E-state index contributed by atoms with van der Waals surface area (Å²) in [4.78, 5) is 14.4. The summed E-state index contributed by atoms with van der Waals surface area (Å²) < 4.78 is 5.18. The maximum atomic E-state index is 12.5. The molecule has 2 aromatic rings. The number of rotatable bonds is 5. The summed E-state index contributed by atoms with van der Waals surface area (Å²) in [6, 6.07) is 17.8. The van der Waals surface area contributed by atoms with Gasteiger partial charge in [-0.05, 0) is 36.2 Å². The van der Waals surface area contributed by atoms with Crippen LogP contribution in [0.1, 0.15) is 18.0 Å². The third-order valence-electron chi connectivity index (χ3n) is 4.13. The predicted octanol–water partition coefficient (Wildman–Crippen LogP) is 4.03. The SMILES string of the molecule is COc1ccc(N2C(=O)[C@H](CCCl)[C@H]2c2ccccc2)cc1. The molecule has 0 bridgehead atoms. The Morgan fingerprint density at radius 2 is 1.77 bits per heavy atom.